The molecular weight excluding hydrogens is 442 g/mol. The van der Waals surface area contributed by atoms with Gasteiger partial charge in [-0.15, -0.1) is 0 Å². The largest absolute Gasteiger partial charge is 0.297 e. The Morgan fingerprint density at radius 2 is 1.93 bits per heavy atom. The minimum absolute atomic E-state index is 0.0303. The first-order valence-electron chi connectivity index (χ1n) is 9.22. The van der Waals surface area contributed by atoms with Crippen molar-refractivity contribution in [2.75, 3.05) is 6.61 Å². The van der Waals surface area contributed by atoms with E-state index in [1.54, 1.807) is 35.1 Å². The molecule has 0 saturated heterocycles. The number of benzene rings is 2. The molecule has 2 aromatic carbocycles. The molecule has 152 valence electrons. The molecule has 0 bridgehead atoms. The zero-order valence-corrected chi connectivity index (χ0v) is 18.3. The van der Waals surface area contributed by atoms with Crippen LogP contribution in [0.1, 0.15) is 5.56 Å². The number of halogens is 1. The SMILES string of the molecule is Cc1ccc(S(=O)(=O)OCCn2nc3c4c(c(Cl)ccc42)Sc2ncccc2-3)cc1. The Hall–Kier alpha value is -2.39. The van der Waals surface area contributed by atoms with Crippen LogP contribution >= 0.6 is 23.4 Å². The molecule has 0 spiro atoms. The highest BCUT2D eigenvalue weighted by atomic mass is 35.5. The topological polar surface area (TPSA) is 74.1 Å². The van der Waals surface area contributed by atoms with E-state index in [-0.39, 0.29) is 18.0 Å². The van der Waals surface area contributed by atoms with E-state index in [0.29, 0.717) is 5.02 Å². The second-order valence-electron chi connectivity index (χ2n) is 6.89. The fraction of sp³-hybridized carbons (Fsp3) is 0.143. The molecule has 5 rings (SSSR count). The van der Waals surface area contributed by atoms with Crippen molar-refractivity contribution in [2.45, 2.75) is 28.3 Å². The van der Waals surface area contributed by atoms with E-state index in [1.807, 2.05) is 31.2 Å². The van der Waals surface area contributed by atoms with Crippen molar-refractivity contribution in [3.8, 4) is 11.3 Å². The highest BCUT2D eigenvalue weighted by molar-refractivity contribution is 7.99. The second-order valence-corrected chi connectivity index (χ2v) is 9.91. The summed E-state index contributed by atoms with van der Waals surface area (Å²) in [7, 11) is -3.83. The third-order valence-electron chi connectivity index (χ3n) is 4.90. The standard InChI is InChI=1S/C21H16ClN3O3S2/c1-13-4-6-14(7-5-13)30(26,27)28-12-11-25-17-9-8-16(22)20-18(17)19(24-25)15-3-2-10-23-21(15)29-20/h2-10H,11-12H2,1H3. The van der Waals surface area contributed by atoms with Gasteiger partial charge in [0.2, 0.25) is 0 Å². The normalized spacial score (nSPS) is 12.9. The Labute approximate surface area is 183 Å². The summed E-state index contributed by atoms with van der Waals surface area (Å²) in [5.74, 6) is 0. The number of fused-ring (bicyclic) bond motifs is 2. The molecule has 9 heteroatoms. The maximum absolute atomic E-state index is 12.5. The summed E-state index contributed by atoms with van der Waals surface area (Å²) in [6.07, 6.45) is 1.74. The van der Waals surface area contributed by atoms with Crippen LogP contribution in [0.25, 0.3) is 22.2 Å². The summed E-state index contributed by atoms with van der Waals surface area (Å²) in [6.45, 7) is 2.15. The van der Waals surface area contributed by atoms with Crippen molar-refractivity contribution in [1.29, 1.82) is 0 Å². The van der Waals surface area contributed by atoms with E-state index < -0.39 is 10.1 Å². The number of aryl methyl sites for hydroxylation is 1. The van der Waals surface area contributed by atoms with Gasteiger partial charge in [-0.1, -0.05) is 41.1 Å². The third kappa shape index (κ3) is 3.30. The van der Waals surface area contributed by atoms with Crippen LogP contribution in [0.2, 0.25) is 5.02 Å². The fourth-order valence-corrected chi connectivity index (χ4v) is 5.65. The monoisotopic (exact) mass is 457 g/mol. The molecule has 1 aliphatic heterocycles. The molecule has 0 saturated carbocycles. The maximum atomic E-state index is 12.5. The molecule has 0 unspecified atom stereocenters. The van der Waals surface area contributed by atoms with Crippen LogP contribution in [0.15, 0.2) is 69.5 Å². The Morgan fingerprint density at radius 3 is 2.73 bits per heavy atom. The summed E-state index contributed by atoms with van der Waals surface area (Å²) in [4.78, 5) is 5.49. The average Bonchev–Trinajstić information content (AvgIpc) is 3.10. The van der Waals surface area contributed by atoms with Gasteiger partial charge in [0.15, 0.2) is 0 Å². The van der Waals surface area contributed by atoms with E-state index in [0.717, 1.165) is 37.6 Å². The van der Waals surface area contributed by atoms with Crippen LogP contribution < -0.4 is 0 Å². The summed E-state index contributed by atoms with van der Waals surface area (Å²) in [6, 6.07) is 14.1. The molecule has 0 radical (unpaired) electrons. The van der Waals surface area contributed by atoms with Crippen molar-refractivity contribution in [3.05, 3.63) is 65.3 Å². The van der Waals surface area contributed by atoms with Gasteiger partial charge in [0, 0.05) is 22.0 Å². The number of hydrogen-bond donors (Lipinski definition) is 0. The van der Waals surface area contributed by atoms with Crippen LogP contribution in [-0.4, -0.2) is 29.8 Å². The molecular formula is C21H16ClN3O3S2. The fourth-order valence-electron chi connectivity index (χ4n) is 3.43. The Balaban J connectivity index is 1.46. The summed E-state index contributed by atoms with van der Waals surface area (Å²) >= 11 is 7.96. The van der Waals surface area contributed by atoms with Crippen LogP contribution in [0, 0.1) is 6.92 Å². The first-order valence-corrected chi connectivity index (χ1v) is 11.8. The summed E-state index contributed by atoms with van der Waals surface area (Å²) in [5, 5.41) is 7.18. The molecule has 2 aromatic heterocycles. The van der Waals surface area contributed by atoms with E-state index in [4.69, 9.17) is 20.9 Å². The number of nitrogens with zero attached hydrogens (tertiary/aromatic N) is 3. The Morgan fingerprint density at radius 1 is 1.13 bits per heavy atom. The third-order valence-corrected chi connectivity index (χ3v) is 7.80. The van der Waals surface area contributed by atoms with E-state index >= 15 is 0 Å². The highest BCUT2D eigenvalue weighted by Crippen LogP contribution is 2.49. The molecule has 0 amide bonds. The van der Waals surface area contributed by atoms with E-state index in [2.05, 4.69) is 4.98 Å². The minimum atomic E-state index is -3.83. The Bertz CT molecular complexity index is 1380. The van der Waals surface area contributed by atoms with Gasteiger partial charge >= 0.3 is 0 Å². The van der Waals surface area contributed by atoms with Gasteiger partial charge in [-0.3, -0.25) is 8.86 Å². The summed E-state index contributed by atoms with van der Waals surface area (Å²) < 4.78 is 31.9. The van der Waals surface area contributed by atoms with Gasteiger partial charge in [-0.05, 0) is 43.3 Å². The number of rotatable bonds is 5. The average molecular weight is 458 g/mol. The van der Waals surface area contributed by atoms with Gasteiger partial charge in [-0.25, -0.2) is 4.98 Å². The van der Waals surface area contributed by atoms with E-state index in [1.165, 1.54) is 11.8 Å². The molecule has 0 aliphatic carbocycles. The van der Waals surface area contributed by atoms with Gasteiger partial charge in [0.25, 0.3) is 10.1 Å². The highest BCUT2D eigenvalue weighted by Gasteiger charge is 2.26. The minimum Gasteiger partial charge on any atom is -0.264 e. The summed E-state index contributed by atoms with van der Waals surface area (Å²) in [5.41, 5.74) is 3.60. The quantitative estimate of drug-likeness (QED) is 0.348. The molecule has 4 aromatic rings. The number of hydrogen-bond acceptors (Lipinski definition) is 6. The first-order chi connectivity index (χ1) is 14.4. The lowest BCUT2D eigenvalue weighted by Crippen LogP contribution is -2.13. The smallest absolute Gasteiger partial charge is 0.264 e. The zero-order valence-electron chi connectivity index (χ0n) is 15.9. The lowest BCUT2D eigenvalue weighted by Gasteiger charge is -2.14. The second kappa shape index (κ2) is 7.39. The van der Waals surface area contributed by atoms with Crippen molar-refractivity contribution in [3.63, 3.8) is 0 Å². The molecule has 0 N–H and O–H groups in total. The van der Waals surface area contributed by atoms with Crippen molar-refractivity contribution in [1.82, 2.24) is 14.8 Å². The molecule has 6 nitrogen and oxygen atoms in total. The zero-order chi connectivity index (χ0) is 20.9. The number of pyridine rings is 1. The van der Waals surface area contributed by atoms with Crippen LogP contribution in [0.4, 0.5) is 0 Å². The van der Waals surface area contributed by atoms with Crippen LogP contribution in [0.3, 0.4) is 0 Å². The van der Waals surface area contributed by atoms with Crippen LogP contribution in [0.5, 0.6) is 0 Å². The van der Waals surface area contributed by atoms with Crippen molar-refractivity contribution in [2.24, 2.45) is 0 Å². The molecule has 0 atom stereocenters. The molecule has 1 aliphatic rings. The predicted octanol–water partition coefficient (Wildman–Crippen LogP) is 4.93. The van der Waals surface area contributed by atoms with Crippen LogP contribution in [-0.2, 0) is 20.8 Å². The lowest BCUT2D eigenvalue weighted by molar-refractivity contribution is 0.296. The molecule has 30 heavy (non-hydrogen) atoms. The van der Waals surface area contributed by atoms with Gasteiger partial charge < -0.3 is 0 Å². The Kier molecular flexibility index (Phi) is 4.82. The van der Waals surface area contributed by atoms with Crippen molar-refractivity contribution >= 4 is 44.4 Å². The lowest BCUT2D eigenvalue weighted by atomic mass is 10.1. The predicted molar refractivity (Wildman–Crippen MR) is 116 cm³/mol. The molecule has 3 heterocycles. The molecule has 0 fully saturated rings. The number of aromatic nitrogens is 3. The van der Waals surface area contributed by atoms with E-state index in [9.17, 15) is 8.42 Å². The maximum Gasteiger partial charge on any atom is 0.297 e. The van der Waals surface area contributed by atoms with Gasteiger partial charge in [0.05, 0.1) is 28.6 Å². The van der Waals surface area contributed by atoms with Gasteiger partial charge in [0.1, 0.15) is 10.7 Å². The van der Waals surface area contributed by atoms with Crippen molar-refractivity contribution < 1.29 is 12.6 Å². The van der Waals surface area contributed by atoms with Gasteiger partial charge in [-0.2, -0.15) is 13.5 Å². The first kappa shape index (κ1) is 19.6.